The number of hydrogen-bond donors (Lipinski definition) is 3. The van der Waals surface area contributed by atoms with E-state index in [1.165, 1.54) is 0 Å². The molecule has 8 heteroatoms. The summed E-state index contributed by atoms with van der Waals surface area (Å²) in [6.07, 6.45) is 5.12. The van der Waals surface area contributed by atoms with E-state index in [2.05, 4.69) is 34.9 Å². The highest BCUT2D eigenvalue weighted by molar-refractivity contribution is 7.98. The van der Waals surface area contributed by atoms with Crippen LogP contribution in [-0.2, 0) is 14.3 Å². The fraction of sp³-hybridized carbons (Fsp3) is 0.444. The van der Waals surface area contributed by atoms with Gasteiger partial charge in [0.25, 0.3) is 0 Å². The standard InChI is InChI=1S/C27H34N2O5S/c1-35-17-15-24(26(32)28-16-9-3-2-4-14-25(30)31)29-27(33)34-18-23-21-12-7-5-10-19(21)20-11-6-8-13-22(20)23/h5-8,10-13,23-24H,2-4,9,14-18H2,1H3,(H,28,32)(H,29,33)(H,30,31). The van der Waals surface area contributed by atoms with Gasteiger partial charge in [-0.3, -0.25) is 9.59 Å². The lowest BCUT2D eigenvalue weighted by Crippen LogP contribution is -2.47. The predicted octanol–water partition coefficient (Wildman–Crippen LogP) is 4.80. The summed E-state index contributed by atoms with van der Waals surface area (Å²) in [5.41, 5.74) is 4.61. The van der Waals surface area contributed by atoms with E-state index < -0.39 is 18.1 Å². The lowest BCUT2D eigenvalue weighted by Gasteiger charge is -2.19. The first kappa shape index (κ1) is 26.6. The van der Waals surface area contributed by atoms with Crippen molar-refractivity contribution in [2.45, 2.75) is 50.5 Å². The number of hydrogen-bond acceptors (Lipinski definition) is 5. The van der Waals surface area contributed by atoms with Gasteiger partial charge in [0, 0.05) is 18.9 Å². The van der Waals surface area contributed by atoms with Gasteiger partial charge in [-0.1, -0.05) is 61.4 Å². The third-order valence-corrected chi connectivity index (χ3v) is 6.82. The maximum Gasteiger partial charge on any atom is 0.407 e. The van der Waals surface area contributed by atoms with Gasteiger partial charge in [-0.05, 0) is 53.5 Å². The molecule has 1 aliphatic rings. The molecule has 3 N–H and O–H groups in total. The minimum Gasteiger partial charge on any atom is -0.481 e. The Balaban J connectivity index is 1.49. The summed E-state index contributed by atoms with van der Waals surface area (Å²) in [6, 6.07) is 15.7. The van der Waals surface area contributed by atoms with Crippen LogP contribution in [0, 0.1) is 0 Å². The number of ether oxygens (including phenoxy) is 1. The third-order valence-electron chi connectivity index (χ3n) is 6.18. The van der Waals surface area contributed by atoms with E-state index in [1.807, 2.05) is 30.5 Å². The Kier molecular flexibility index (Phi) is 10.5. The monoisotopic (exact) mass is 498 g/mol. The number of unbranched alkanes of at least 4 members (excludes halogenated alkanes) is 3. The van der Waals surface area contributed by atoms with Crippen molar-refractivity contribution in [1.29, 1.82) is 0 Å². The fourth-order valence-corrected chi connectivity index (χ4v) is 4.85. The van der Waals surface area contributed by atoms with Gasteiger partial charge in [0.2, 0.25) is 5.91 Å². The summed E-state index contributed by atoms with van der Waals surface area (Å²) >= 11 is 1.61. The summed E-state index contributed by atoms with van der Waals surface area (Å²) in [5, 5.41) is 14.3. The molecule has 0 saturated carbocycles. The molecule has 0 aromatic heterocycles. The Morgan fingerprint density at radius 2 is 1.60 bits per heavy atom. The molecule has 1 atom stereocenters. The number of carboxylic acids is 1. The van der Waals surface area contributed by atoms with E-state index in [-0.39, 0.29) is 24.9 Å². The molecule has 1 aliphatic carbocycles. The molecular weight excluding hydrogens is 464 g/mol. The number of alkyl carbamates (subject to hydrolysis) is 1. The maximum atomic E-state index is 12.7. The molecule has 0 aliphatic heterocycles. The number of nitrogens with one attached hydrogen (secondary N) is 2. The summed E-state index contributed by atoms with van der Waals surface area (Å²) < 4.78 is 5.60. The van der Waals surface area contributed by atoms with E-state index in [0.717, 1.165) is 47.3 Å². The summed E-state index contributed by atoms with van der Waals surface area (Å²) in [5.74, 6) is -0.309. The third kappa shape index (κ3) is 7.75. The van der Waals surface area contributed by atoms with Crippen LogP contribution in [0.2, 0.25) is 0 Å². The number of carbonyl (C=O) groups excluding carboxylic acids is 2. The number of carbonyl (C=O) groups is 3. The molecule has 0 saturated heterocycles. The Bertz CT molecular complexity index is 967. The largest absolute Gasteiger partial charge is 0.481 e. The minimum atomic E-state index is -0.783. The van der Waals surface area contributed by atoms with Crippen molar-refractivity contribution in [2.24, 2.45) is 0 Å². The Labute approximate surface area is 211 Å². The van der Waals surface area contributed by atoms with Crippen molar-refractivity contribution in [3.63, 3.8) is 0 Å². The number of aliphatic carboxylic acids is 1. The van der Waals surface area contributed by atoms with Crippen LogP contribution in [-0.4, -0.2) is 54.3 Å². The molecular formula is C27H34N2O5S. The Morgan fingerprint density at radius 1 is 0.971 bits per heavy atom. The van der Waals surface area contributed by atoms with Crippen molar-refractivity contribution < 1.29 is 24.2 Å². The van der Waals surface area contributed by atoms with E-state index in [9.17, 15) is 14.4 Å². The van der Waals surface area contributed by atoms with Gasteiger partial charge in [0.15, 0.2) is 0 Å². The number of thioether (sulfide) groups is 1. The van der Waals surface area contributed by atoms with E-state index in [4.69, 9.17) is 9.84 Å². The van der Waals surface area contributed by atoms with Crippen LogP contribution in [0.4, 0.5) is 4.79 Å². The fourth-order valence-electron chi connectivity index (χ4n) is 4.38. The number of amides is 2. The first-order valence-electron chi connectivity index (χ1n) is 12.1. The van der Waals surface area contributed by atoms with Crippen LogP contribution < -0.4 is 10.6 Å². The molecule has 2 aromatic rings. The molecule has 7 nitrogen and oxygen atoms in total. The molecule has 0 heterocycles. The summed E-state index contributed by atoms with van der Waals surface area (Å²) in [7, 11) is 0. The second-order valence-corrected chi connectivity index (χ2v) is 9.64. The molecule has 2 amide bonds. The van der Waals surface area contributed by atoms with Crippen LogP contribution >= 0.6 is 11.8 Å². The smallest absolute Gasteiger partial charge is 0.407 e. The van der Waals surface area contributed by atoms with Gasteiger partial charge in [-0.25, -0.2) is 4.79 Å². The second kappa shape index (κ2) is 13.8. The second-order valence-electron chi connectivity index (χ2n) is 8.65. The molecule has 0 fully saturated rings. The van der Waals surface area contributed by atoms with Gasteiger partial charge in [-0.2, -0.15) is 11.8 Å². The molecule has 188 valence electrons. The first-order valence-corrected chi connectivity index (χ1v) is 13.5. The lowest BCUT2D eigenvalue weighted by molar-refractivity contribution is -0.137. The average Bonchev–Trinajstić information content (AvgIpc) is 3.18. The predicted molar refractivity (Wildman–Crippen MR) is 139 cm³/mol. The number of fused-ring (bicyclic) bond motifs is 3. The van der Waals surface area contributed by atoms with Crippen molar-refractivity contribution >= 4 is 29.7 Å². The van der Waals surface area contributed by atoms with Crippen molar-refractivity contribution in [3.8, 4) is 11.1 Å². The van der Waals surface area contributed by atoms with E-state index in [0.29, 0.717) is 19.4 Å². The van der Waals surface area contributed by atoms with Crippen molar-refractivity contribution in [3.05, 3.63) is 59.7 Å². The van der Waals surface area contributed by atoms with Crippen molar-refractivity contribution in [2.75, 3.05) is 25.2 Å². The zero-order valence-corrected chi connectivity index (χ0v) is 20.9. The number of rotatable bonds is 14. The van der Waals surface area contributed by atoms with E-state index in [1.54, 1.807) is 11.8 Å². The highest BCUT2D eigenvalue weighted by Gasteiger charge is 2.29. The lowest BCUT2D eigenvalue weighted by atomic mass is 9.98. The first-order chi connectivity index (χ1) is 17.0. The van der Waals surface area contributed by atoms with Crippen LogP contribution in [0.15, 0.2) is 48.5 Å². The van der Waals surface area contributed by atoms with Gasteiger partial charge in [0.05, 0.1) is 0 Å². The van der Waals surface area contributed by atoms with Gasteiger partial charge in [0.1, 0.15) is 12.6 Å². The SMILES string of the molecule is CSCCC(NC(=O)OCC1c2ccccc2-c2ccccc21)C(=O)NCCCCCCC(=O)O. The van der Waals surface area contributed by atoms with Crippen molar-refractivity contribution in [1.82, 2.24) is 10.6 Å². The zero-order chi connectivity index (χ0) is 25.0. The molecule has 35 heavy (non-hydrogen) atoms. The molecule has 0 spiro atoms. The average molecular weight is 499 g/mol. The maximum absolute atomic E-state index is 12.7. The zero-order valence-electron chi connectivity index (χ0n) is 20.1. The van der Waals surface area contributed by atoms with Crippen LogP contribution in [0.1, 0.15) is 55.6 Å². The molecule has 0 bridgehead atoms. The number of carboxylic acid groups (broad SMARTS) is 1. The summed E-state index contributed by atoms with van der Waals surface area (Å²) in [4.78, 5) is 35.9. The molecule has 2 aromatic carbocycles. The van der Waals surface area contributed by atoms with E-state index >= 15 is 0 Å². The number of benzene rings is 2. The molecule has 1 unspecified atom stereocenters. The quantitative estimate of drug-likeness (QED) is 0.323. The Hall–Kier alpha value is -3.00. The van der Waals surface area contributed by atoms with Gasteiger partial charge >= 0.3 is 12.1 Å². The molecule has 3 rings (SSSR count). The topological polar surface area (TPSA) is 105 Å². The van der Waals surface area contributed by atoms with Gasteiger partial charge < -0.3 is 20.5 Å². The van der Waals surface area contributed by atoms with Crippen LogP contribution in [0.25, 0.3) is 11.1 Å². The normalized spacial score (nSPS) is 12.9. The molecule has 0 radical (unpaired) electrons. The van der Waals surface area contributed by atoms with Crippen LogP contribution in [0.5, 0.6) is 0 Å². The summed E-state index contributed by atoms with van der Waals surface area (Å²) in [6.45, 7) is 0.696. The highest BCUT2D eigenvalue weighted by Crippen LogP contribution is 2.44. The van der Waals surface area contributed by atoms with Gasteiger partial charge in [-0.15, -0.1) is 0 Å². The highest BCUT2D eigenvalue weighted by atomic mass is 32.2. The minimum absolute atomic E-state index is 0.0345. The Morgan fingerprint density at radius 3 is 2.23 bits per heavy atom. The van der Waals surface area contributed by atoms with Crippen LogP contribution in [0.3, 0.4) is 0 Å².